The van der Waals surface area contributed by atoms with Gasteiger partial charge in [0.25, 0.3) is 0 Å². The minimum atomic E-state index is -0.302. The van der Waals surface area contributed by atoms with E-state index in [-0.39, 0.29) is 5.91 Å². The molecule has 4 heteroatoms. The van der Waals surface area contributed by atoms with Crippen LogP contribution in [0.5, 0.6) is 0 Å². The first-order chi connectivity index (χ1) is 13.7. The predicted octanol–water partition coefficient (Wildman–Crippen LogP) is 4.85. The maximum atomic E-state index is 11.0. The van der Waals surface area contributed by atoms with Crippen molar-refractivity contribution in [1.29, 1.82) is 0 Å². The Morgan fingerprint density at radius 2 is 1.36 bits per heavy atom. The van der Waals surface area contributed by atoms with Crippen molar-refractivity contribution in [3.8, 4) is 11.1 Å². The van der Waals surface area contributed by atoms with E-state index in [9.17, 15) is 4.79 Å². The molecule has 0 atom stereocenters. The number of rotatable bonds is 12. The molecule has 2 N–H and O–H groups in total. The summed E-state index contributed by atoms with van der Waals surface area (Å²) < 4.78 is 0. The van der Waals surface area contributed by atoms with Crippen LogP contribution in [0.3, 0.4) is 0 Å². The number of nitrogens with one attached hydrogen (secondary N) is 1. The first-order valence-corrected chi connectivity index (χ1v) is 10.5. The van der Waals surface area contributed by atoms with E-state index in [4.69, 9.17) is 5.21 Å². The van der Waals surface area contributed by atoms with Crippen molar-refractivity contribution in [2.75, 3.05) is 19.6 Å². The molecule has 152 valence electrons. The summed E-state index contributed by atoms with van der Waals surface area (Å²) in [5.41, 5.74) is 6.90. The Hall–Kier alpha value is -2.17. The lowest BCUT2D eigenvalue weighted by atomic mass is 9.99. The summed E-state index contributed by atoms with van der Waals surface area (Å²) in [4.78, 5) is 13.4. The van der Waals surface area contributed by atoms with Crippen LogP contribution in [0.4, 0.5) is 0 Å². The zero-order valence-corrected chi connectivity index (χ0v) is 17.3. The smallest absolute Gasteiger partial charge is 0.243 e. The van der Waals surface area contributed by atoms with Crippen LogP contribution in [-0.4, -0.2) is 35.6 Å². The third-order valence-corrected chi connectivity index (χ3v) is 5.35. The molecular formula is C24H34N2O2. The van der Waals surface area contributed by atoms with Gasteiger partial charge in [0, 0.05) is 13.0 Å². The standard InChI is InChI=1S/C24H34N2O2/c1-3-26(4-2)19-18-21-12-16-23(17-13-21)22-14-10-20(11-15-22)8-6-5-7-9-24(27)25-28/h10-17,28H,3-9,18-19H2,1-2H3,(H,25,27). The van der Waals surface area contributed by atoms with Crippen LogP contribution in [0, 0.1) is 0 Å². The van der Waals surface area contributed by atoms with Crippen LogP contribution in [0.15, 0.2) is 48.5 Å². The van der Waals surface area contributed by atoms with E-state index in [1.54, 1.807) is 5.48 Å². The zero-order chi connectivity index (χ0) is 20.2. The number of hydrogen-bond acceptors (Lipinski definition) is 3. The van der Waals surface area contributed by atoms with Crippen LogP contribution in [0.2, 0.25) is 0 Å². The molecule has 0 radical (unpaired) electrons. The summed E-state index contributed by atoms with van der Waals surface area (Å²) >= 11 is 0. The fraction of sp³-hybridized carbons (Fsp3) is 0.458. The quantitative estimate of drug-likeness (QED) is 0.313. The lowest BCUT2D eigenvalue weighted by Crippen LogP contribution is -2.25. The van der Waals surface area contributed by atoms with Crippen molar-refractivity contribution >= 4 is 5.91 Å². The molecule has 0 fully saturated rings. The number of carbonyl (C=O) groups is 1. The molecule has 0 spiro atoms. The molecule has 2 aromatic rings. The molecule has 2 aromatic carbocycles. The number of carbonyl (C=O) groups excluding carboxylic acids is 1. The molecule has 28 heavy (non-hydrogen) atoms. The fourth-order valence-electron chi connectivity index (χ4n) is 3.40. The van der Waals surface area contributed by atoms with E-state index >= 15 is 0 Å². The lowest BCUT2D eigenvalue weighted by Gasteiger charge is -2.17. The molecule has 0 bridgehead atoms. The van der Waals surface area contributed by atoms with Crippen molar-refractivity contribution in [3.63, 3.8) is 0 Å². The number of aryl methyl sites for hydroxylation is 1. The third-order valence-electron chi connectivity index (χ3n) is 5.35. The first-order valence-electron chi connectivity index (χ1n) is 10.5. The van der Waals surface area contributed by atoms with Gasteiger partial charge in [-0.3, -0.25) is 10.0 Å². The van der Waals surface area contributed by atoms with E-state index in [1.165, 1.54) is 22.3 Å². The number of hydrogen-bond donors (Lipinski definition) is 2. The van der Waals surface area contributed by atoms with Crippen molar-refractivity contribution in [1.82, 2.24) is 10.4 Å². The van der Waals surface area contributed by atoms with Crippen molar-refractivity contribution < 1.29 is 10.0 Å². The van der Waals surface area contributed by atoms with Crippen LogP contribution in [0.25, 0.3) is 11.1 Å². The molecule has 0 aliphatic rings. The molecule has 0 aliphatic carbocycles. The molecule has 0 unspecified atom stereocenters. The Labute approximate surface area is 169 Å². The fourth-order valence-corrected chi connectivity index (χ4v) is 3.40. The van der Waals surface area contributed by atoms with Crippen LogP contribution in [0.1, 0.15) is 50.7 Å². The second kappa shape index (κ2) is 12.3. The minimum absolute atomic E-state index is 0.302. The van der Waals surface area contributed by atoms with Crippen LogP contribution in [-0.2, 0) is 17.6 Å². The molecular weight excluding hydrogens is 348 g/mol. The van der Waals surface area contributed by atoms with Gasteiger partial charge in [-0.1, -0.05) is 68.8 Å². The number of nitrogens with zero attached hydrogens (tertiary/aromatic N) is 1. The highest BCUT2D eigenvalue weighted by atomic mass is 16.5. The Balaban J connectivity index is 1.80. The number of unbranched alkanes of at least 4 members (excludes halogenated alkanes) is 2. The Morgan fingerprint density at radius 3 is 1.86 bits per heavy atom. The summed E-state index contributed by atoms with van der Waals surface area (Å²) in [7, 11) is 0. The number of amides is 1. The summed E-state index contributed by atoms with van der Waals surface area (Å²) in [5.74, 6) is -0.302. The van der Waals surface area contributed by atoms with E-state index in [1.807, 2.05) is 0 Å². The van der Waals surface area contributed by atoms with E-state index in [2.05, 4.69) is 67.3 Å². The summed E-state index contributed by atoms with van der Waals surface area (Å²) in [6.07, 6.45) is 5.36. The molecule has 0 heterocycles. The molecule has 1 amide bonds. The van der Waals surface area contributed by atoms with Crippen LogP contribution >= 0.6 is 0 Å². The van der Waals surface area contributed by atoms with Crippen LogP contribution < -0.4 is 5.48 Å². The SMILES string of the molecule is CCN(CC)CCc1ccc(-c2ccc(CCCCCC(=O)NO)cc2)cc1. The monoisotopic (exact) mass is 382 g/mol. The largest absolute Gasteiger partial charge is 0.304 e. The first kappa shape index (κ1) is 22.1. The average molecular weight is 383 g/mol. The van der Waals surface area contributed by atoms with Gasteiger partial charge in [0.15, 0.2) is 0 Å². The predicted molar refractivity (Wildman–Crippen MR) is 115 cm³/mol. The Bertz CT molecular complexity index is 692. The summed E-state index contributed by atoms with van der Waals surface area (Å²) in [5, 5.41) is 8.47. The van der Waals surface area contributed by atoms with E-state index in [0.29, 0.717) is 6.42 Å². The topological polar surface area (TPSA) is 52.6 Å². The van der Waals surface area contributed by atoms with Gasteiger partial charge < -0.3 is 4.90 Å². The van der Waals surface area contributed by atoms with Gasteiger partial charge in [0.05, 0.1) is 0 Å². The molecule has 0 saturated heterocycles. The molecule has 0 aromatic heterocycles. The van der Waals surface area contributed by atoms with Gasteiger partial charge >= 0.3 is 0 Å². The average Bonchev–Trinajstić information content (AvgIpc) is 2.75. The van der Waals surface area contributed by atoms with Crippen molar-refractivity contribution in [2.24, 2.45) is 0 Å². The highest BCUT2D eigenvalue weighted by Gasteiger charge is 2.03. The Morgan fingerprint density at radius 1 is 0.821 bits per heavy atom. The molecule has 0 aliphatic heterocycles. The third kappa shape index (κ3) is 7.45. The minimum Gasteiger partial charge on any atom is -0.304 e. The number of hydroxylamine groups is 1. The van der Waals surface area contributed by atoms with Gasteiger partial charge in [-0.05, 0) is 61.0 Å². The molecule has 0 saturated carbocycles. The van der Waals surface area contributed by atoms with Gasteiger partial charge in [-0.25, -0.2) is 5.48 Å². The molecule has 4 nitrogen and oxygen atoms in total. The highest BCUT2D eigenvalue weighted by molar-refractivity contribution is 5.74. The van der Waals surface area contributed by atoms with E-state index in [0.717, 1.165) is 51.7 Å². The summed E-state index contributed by atoms with van der Waals surface area (Å²) in [6.45, 7) is 7.77. The summed E-state index contributed by atoms with van der Waals surface area (Å²) in [6, 6.07) is 17.7. The zero-order valence-electron chi connectivity index (χ0n) is 17.3. The maximum absolute atomic E-state index is 11.0. The lowest BCUT2D eigenvalue weighted by molar-refractivity contribution is -0.129. The highest BCUT2D eigenvalue weighted by Crippen LogP contribution is 2.21. The maximum Gasteiger partial charge on any atom is 0.243 e. The van der Waals surface area contributed by atoms with Gasteiger partial charge in [-0.2, -0.15) is 0 Å². The molecule has 2 rings (SSSR count). The normalized spacial score (nSPS) is 11.0. The van der Waals surface area contributed by atoms with E-state index < -0.39 is 0 Å². The van der Waals surface area contributed by atoms with Gasteiger partial charge in [0.2, 0.25) is 5.91 Å². The van der Waals surface area contributed by atoms with Crippen molar-refractivity contribution in [3.05, 3.63) is 59.7 Å². The Kier molecular flexibility index (Phi) is 9.73. The van der Waals surface area contributed by atoms with Gasteiger partial charge in [-0.15, -0.1) is 0 Å². The second-order valence-electron chi connectivity index (χ2n) is 7.27. The van der Waals surface area contributed by atoms with Gasteiger partial charge in [0.1, 0.15) is 0 Å². The van der Waals surface area contributed by atoms with Crippen molar-refractivity contribution in [2.45, 2.75) is 52.4 Å². The number of benzene rings is 2. The number of likely N-dealkylation sites (N-methyl/N-ethyl adjacent to an activating group) is 1. The second-order valence-corrected chi connectivity index (χ2v) is 7.27.